The molecule has 0 aromatic heterocycles. The summed E-state index contributed by atoms with van der Waals surface area (Å²) in [6.45, 7) is 18.6. The van der Waals surface area contributed by atoms with Gasteiger partial charge in [0.1, 0.15) is 5.84 Å². The summed E-state index contributed by atoms with van der Waals surface area (Å²) in [4.78, 5) is 7.07. The lowest BCUT2D eigenvalue weighted by molar-refractivity contribution is 0.653. The number of nitrogens with one attached hydrogen (secondary N) is 1. The van der Waals surface area contributed by atoms with E-state index in [-0.39, 0.29) is 7.34 Å². The number of benzene rings is 1. The molecule has 0 saturated carbocycles. The third-order valence-electron chi connectivity index (χ3n) is 5.03. The highest BCUT2D eigenvalue weighted by molar-refractivity contribution is 6.02. The summed E-state index contributed by atoms with van der Waals surface area (Å²) in [6.07, 6.45) is 17.7. The number of aliphatic imine (C=N–C) groups is 1. The fourth-order valence-corrected chi connectivity index (χ4v) is 3.36. The van der Waals surface area contributed by atoms with Crippen molar-refractivity contribution in [3.8, 4) is 0 Å². The molecule has 2 rings (SSSR count). The number of nitrogens with zero attached hydrogens (tertiary/aromatic N) is 2. The molecule has 0 saturated heterocycles. The van der Waals surface area contributed by atoms with E-state index in [0.29, 0.717) is 0 Å². The van der Waals surface area contributed by atoms with E-state index in [9.17, 15) is 0 Å². The molecule has 1 aromatic carbocycles. The van der Waals surface area contributed by atoms with Gasteiger partial charge in [0.05, 0.1) is 5.70 Å². The van der Waals surface area contributed by atoms with Gasteiger partial charge >= 0.3 is 0 Å². The molecule has 1 atom stereocenters. The maximum absolute atomic E-state index is 4.93. The molecule has 1 N–H and O–H groups in total. The van der Waals surface area contributed by atoms with Crippen LogP contribution in [0.25, 0.3) is 11.8 Å². The topological polar surface area (TPSA) is 27.6 Å². The Morgan fingerprint density at radius 3 is 2.53 bits per heavy atom. The van der Waals surface area contributed by atoms with Gasteiger partial charge in [-0.15, -0.1) is 0 Å². The Bertz CT molecular complexity index is 946. The fourth-order valence-electron chi connectivity index (χ4n) is 3.36. The quantitative estimate of drug-likeness (QED) is 0.435. The van der Waals surface area contributed by atoms with Gasteiger partial charge in [0.15, 0.2) is 0 Å². The van der Waals surface area contributed by atoms with Crippen LogP contribution in [-0.4, -0.2) is 17.8 Å². The first-order valence-corrected chi connectivity index (χ1v) is 11.7. The molecule has 1 aliphatic heterocycles. The minimum Gasteiger partial charge on any atom is -0.351 e. The lowest BCUT2D eigenvalue weighted by atomic mass is 10.1. The molecule has 0 fully saturated rings. The number of rotatable bonds is 7. The molecule has 0 radical (unpaired) electrons. The average molecular weight is 434 g/mol. The first-order valence-electron chi connectivity index (χ1n) is 11.7. The Kier molecular flexibility index (Phi) is 11.9. The number of fused-ring (bicyclic) bond motifs is 1. The molecule has 3 nitrogen and oxygen atoms in total. The van der Waals surface area contributed by atoms with Crippen molar-refractivity contribution in [2.24, 2.45) is 10.9 Å². The first kappa shape index (κ1) is 27.0. The number of anilines is 1. The molecular weight excluding hydrogens is 390 g/mol. The number of amidine groups is 1. The lowest BCUT2D eigenvalue weighted by Crippen LogP contribution is -2.19. The summed E-state index contributed by atoms with van der Waals surface area (Å²) < 4.78 is 0. The van der Waals surface area contributed by atoms with Gasteiger partial charge in [0.25, 0.3) is 0 Å². The Morgan fingerprint density at radius 2 is 1.94 bits per heavy atom. The van der Waals surface area contributed by atoms with Crippen LogP contribution in [0.1, 0.15) is 67.4 Å². The molecule has 3 heteroatoms. The van der Waals surface area contributed by atoms with Gasteiger partial charge in [-0.25, -0.2) is 4.99 Å². The van der Waals surface area contributed by atoms with Crippen LogP contribution in [0.5, 0.6) is 0 Å². The molecule has 32 heavy (non-hydrogen) atoms. The summed E-state index contributed by atoms with van der Waals surface area (Å²) in [5, 5.41) is 3.59. The van der Waals surface area contributed by atoms with Gasteiger partial charge in [-0.1, -0.05) is 88.9 Å². The number of allylic oxidation sites excluding steroid dienone is 5. The van der Waals surface area contributed by atoms with Crippen LogP contribution in [0, 0.1) is 5.92 Å². The van der Waals surface area contributed by atoms with Crippen molar-refractivity contribution in [1.29, 1.82) is 0 Å². The third kappa shape index (κ3) is 7.26. The maximum Gasteiger partial charge on any atom is 0.113 e. The van der Waals surface area contributed by atoms with E-state index in [1.807, 2.05) is 45.9 Å². The first-order chi connectivity index (χ1) is 15.4. The van der Waals surface area contributed by atoms with Crippen molar-refractivity contribution in [2.45, 2.75) is 54.9 Å². The molecule has 1 aliphatic rings. The van der Waals surface area contributed by atoms with Crippen molar-refractivity contribution < 1.29 is 1.43 Å². The number of hydrogen-bond acceptors (Lipinski definition) is 2. The monoisotopic (exact) mass is 433 g/mol. The van der Waals surface area contributed by atoms with Crippen LogP contribution in [0.4, 0.5) is 5.69 Å². The second kappa shape index (κ2) is 14.1. The molecule has 1 heterocycles. The summed E-state index contributed by atoms with van der Waals surface area (Å²) in [7, 11) is 2.07. The van der Waals surface area contributed by atoms with Crippen LogP contribution < -0.4 is 5.32 Å². The zero-order valence-electron chi connectivity index (χ0n) is 21.2. The highest BCUT2D eigenvalue weighted by Crippen LogP contribution is 2.29. The van der Waals surface area contributed by atoms with Crippen molar-refractivity contribution in [2.75, 3.05) is 12.4 Å². The maximum atomic E-state index is 4.93. The highest BCUT2D eigenvalue weighted by atomic mass is 15.1. The predicted octanol–water partition coefficient (Wildman–Crippen LogP) is 8.68. The van der Waals surface area contributed by atoms with E-state index in [1.54, 1.807) is 0 Å². The van der Waals surface area contributed by atoms with Crippen LogP contribution in [0.15, 0.2) is 83.7 Å². The van der Waals surface area contributed by atoms with E-state index in [1.165, 1.54) is 0 Å². The van der Waals surface area contributed by atoms with E-state index in [2.05, 4.69) is 93.3 Å². The summed E-state index contributed by atoms with van der Waals surface area (Å²) in [5.41, 5.74) is 6.35. The van der Waals surface area contributed by atoms with Crippen molar-refractivity contribution in [3.05, 3.63) is 89.8 Å². The van der Waals surface area contributed by atoms with Gasteiger partial charge in [-0.3, -0.25) is 0 Å². The fraction of sp³-hybridized carbons (Fsp3) is 0.345. The standard InChI is InChI=1S/C27H35N3.C2H6.H2/c1-8-12-13-20(5)24(10-3)28-27-21(6)14-15-22-16-17-23(19-25(22)29-27)26(11-4)30(7)18-9-2;1-2;/h9-19,21H,5,8H2,1-4,6-7H3,(H,28,29);1-2H3;1H/b13-12-,18-9-,24-10+,26-11-;;. The van der Waals surface area contributed by atoms with Crippen LogP contribution >= 0.6 is 0 Å². The van der Waals surface area contributed by atoms with E-state index in [0.717, 1.165) is 46.0 Å². The molecule has 1 aromatic rings. The summed E-state index contributed by atoms with van der Waals surface area (Å²) >= 11 is 0. The van der Waals surface area contributed by atoms with Crippen molar-refractivity contribution >= 4 is 23.3 Å². The summed E-state index contributed by atoms with van der Waals surface area (Å²) in [5.74, 6) is 1.09. The van der Waals surface area contributed by atoms with Crippen LogP contribution in [0.3, 0.4) is 0 Å². The van der Waals surface area contributed by atoms with Gasteiger partial charge in [0.2, 0.25) is 0 Å². The Hall–Kier alpha value is -3.07. The normalized spacial score (nSPS) is 17.6. The molecule has 1 unspecified atom stereocenters. The van der Waals surface area contributed by atoms with Gasteiger partial charge < -0.3 is 10.2 Å². The summed E-state index contributed by atoms with van der Waals surface area (Å²) in [6, 6.07) is 6.53. The molecule has 0 amide bonds. The van der Waals surface area contributed by atoms with Gasteiger partial charge in [-0.05, 0) is 56.2 Å². The van der Waals surface area contributed by atoms with E-state index < -0.39 is 0 Å². The second-order valence-electron chi connectivity index (χ2n) is 7.35. The minimum atomic E-state index is 0. The largest absolute Gasteiger partial charge is 0.351 e. The molecule has 0 bridgehead atoms. The van der Waals surface area contributed by atoms with Crippen molar-refractivity contribution in [1.82, 2.24) is 4.90 Å². The minimum absolute atomic E-state index is 0. The zero-order chi connectivity index (χ0) is 24.1. The lowest BCUT2D eigenvalue weighted by Gasteiger charge is -2.20. The molecular formula is C29H43N3. The zero-order valence-corrected chi connectivity index (χ0v) is 21.2. The predicted molar refractivity (Wildman–Crippen MR) is 148 cm³/mol. The Morgan fingerprint density at radius 1 is 1.22 bits per heavy atom. The van der Waals surface area contributed by atoms with Gasteiger partial charge in [0, 0.05) is 25.8 Å². The number of hydrogen-bond donors (Lipinski definition) is 1. The smallest absolute Gasteiger partial charge is 0.113 e. The SMILES string of the molecule is C=C(/C=C\CC)/C(=C\C)N=C1Nc2cc(/C(=C/C)N(C)/C=C\C)ccc2C=CC1C.CC.[HH]. The molecule has 0 spiro atoms. The molecule has 174 valence electrons. The molecule has 0 aliphatic carbocycles. The van der Waals surface area contributed by atoms with E-state index in [4.69, 9.17) is 4.99 Å². The Labute approximate surface area is 197 Å². The third-order valence-corrected chi connectivity index (χ3v) is 5.03. The van der Waals surface area contributed by atoms with Crippen LogP contribution in [0.2, 0.25) is 0 Å². The van der Waals surface area contributed by atoms with Crippen LogP contribution in [-0.2, 0) is 0 Å². The van der Waals surface area contributed by atoms with Crippen molar-refractivity contribution in [3.63, 3.8) is 0 Å². The second-order valence-corrected chi connectivity index (χ2v) is 7.35. The van der Waals surface area contributed by atoms with E-state index >= 15 is 0 Å². The average Bonchev–Trinajstić information content (AvgIpc) is 2.96. The Balaban J connectivity index is 0.00000332. The van der Waals surface area contributed by atoms with Gasteiger partial charge in [-0.2, -0.15) is 0 Å². The highest BCUT2D eigenvalue weighted by Gasteiger charge is 2.16.